The number of likely N-dealkylation sites (N-methyl/N-ethyl adjacent to an activating group) is 1. The molecular weight excluding hydrogens is 142 g/mol. The predicted octanol–water partition coefficient (Wildman–Crippen LogP) is 1.96. The van der Waals surface area contributed by atoms with E-state index in [-0.39, 0.29) is 0 Å². The Labute approximate surface area is 65.2 Å². The lowest BCUT2D eigenvalue weighted by molar-refractivity contribution is 0.633. The van der Waals surface area contributed by atoms with Crippen molar-refractivity contribution in [3.05, 3.63) is 34.8 Å². The monoisotopic (exact) mass is 151 g/mol. The Bertz CT molecular complexity index is 238. The first-order chi connectivity index (χ1) is 4.86. The molecule has 0 aromatic carbocycles. The fourth-order valence-electron chi connectivity index (χ4n) is 1.10. The molecule has 2 heteroatoms. The fourth-order valence-corrected chi connectivity index (χ4v) is 1.98. The Morgan fingerprint density at radius 1 is 1.60 bits per heavy atom. The van der Waals surface area contributed by atoms with Crippen LogP contribution < -0.4 is 0 Å². The Kier molecular flexibility index (Phi) is 1.43. The van der Waals surface area contributed by atoms with E-state index in [1.54, 1.807) is 0 Å². The maximum absolute atomic E-state index is 2.26. The number of nitrogens with zero attached hydrogens (tertiary/aromatic N) is 1. The molecule has 0 amide bonds. The molecule has 1 aliphatic heterocycles. The zero-order valence-corrected chi connectivity index (χ0v) is 6.69. The molecule has 0 bridgehead atoms. The highest BCUT2D eigenvalue weighted by molar-refractivity contribution is 8.01. The summed E-state index contributed by atoms with van der Waals surface area (Å²) in [5.41, 5.74) is 1.39. The summed E-state index contributed by atoms with van der Waals surface area (Å²) in [7, 11) is 2.11. The third-order valence-electron chi connectivity index (χ3n) is 1.63. The zero-order chi connectivity index (χ0) is 6.97. The summed E-state index contributed by atoms with van der Waals surface area (Å²) >= 11 is 1.82. The van der Waals surface area contributed by atoms with Crippen LogP contribution in [-0.4, -0.2) is 17.9 Å². The third-order valence-corrected chi connectivity index (χ3v) is 2.66. The van der Waals surface area contributed by atoms with Crippen molar-refractivity contribution in [1.82, 2.24) is 4.31 Å². The van der Waals surface area contributed by atoms with Crippen LogP contribution in [0.3, 0.4) is 0 Å². The zero-order valence-electron chi connectivity index (χ0n) is 5.87. The summed E-state index contributed by atoms with van der Waals surface area (Å²) in [4.78, 5) is 1.38. The highest BCUT2D eigenvalue weighted by atomic mass is 32.2. The Balaban J connectivity index is 2.30. The van der Waals surface area contributed by atoms with Crippen LogP contribution in [-0.2, 0) is 0 Å². The van der Waals surface area contributed by atoms with Gasteiger partial charge >= 0.3 is 0 Å². The van der Waals surface area contributed by atoms with Gasteiger partial charge in [0.15, 0.2) is 0 Å². The van der Waals surface area contributed by atoms with Crippen molar-refractivity contribution in [3.63, 3.8) is 0 Å². The van der Waals surface area contributed by atoms with E-state index in [1.165, 1.54) is 10.5 Å². The van der Waals surface area contributed by atoms with Crippen LogP contribution in [0, 0.1) is 0 Å². The van der Waals surface area contributed by atoms with Crippen LogP contribution in [0.25, 0.3) is 0 Å². The highest BCUT2D eigenvalue weighted by Gasteiger charge is 2.14. The maximum atomic E-state index is 2.26. The SMILES string of the molecule is CN1CC=C2C=CC=C2S1. The molecule has 2 rings (SSSR count). The average Bonchev–Trinajstić information content (AvgIpc) is 2.33. The van der Waals surface area contributed by atoms with Gasteiger partial charge in [-0.05, 0) is 30.6 Å². The molecule has 0 atom stereocenters. The van der Waals surface area contributed by atoms with Gasteiger partial charge in [-0.25, -0.2) is 4.31 Å². The van der Waals surface area contributed by atoms with Gasteiger partial charge in [0.25, 0.3) is 0 Å². The summed E-state index contributed by atoms with van der Waals surface area (Å²) in [5, 5.41) is 0. The minimum absolute atomic E-state index is 1.06. The summed E-state index contributed by atoms with van der Waals surface area (Å²) in [6.45, 7) is 1.06. The maximum Gasteiger partial charge on any atom is 0.0300 e. The van der Waals surface area contributed by atoms with Crippen molar-refractivity contribution in [3.8, 4) is 0 Å². The van der Waals surface area contributed by atoms with Crippen molar-refractivity contribution in [2.75, 3.05) is 13.6 Å². The molecule has 0 radical (unpaired) electrons. The van der Waals surface area contributed by atoms with Crippen LogP contribution in [0.1, 0.15) is 0 Å². The molecule has 0 fully saturated rings. The fraction of sp³-hybridized carbons (Fsp3) is 0.250. The number of rotatable bonds is 0. The Hall–Kier alpha value is -0.470. The van der Waals surface area contributed by atoms with Gasteiger partial charge in [0.2, 0.25) is 0 Å². The number of hydrogen-bond acceptors (Lipinski definition) is 2. The summed E-state index contributed by atoms with van der Waals surface area (Å²) in [6.07, 6.45) is 8.68. The molecule has 0 spiro atoms. The van der Waals surface area contributed by atoms with Crippen LogP contribution in [0.2, 0.25) is 0 Å². The van der Waals surface area contributed by atoms with Crippen LogP contribution in [0.15, 0.2) is 34.8 Å². The number of allylic oxidation sites excluding steroid dienone is 4. The van der Waals surface area contributed by atoms with Gasteiger partial charge in [-0.1, -0.05) is 18.2 Å². The normalized spacial score (nSPS) is 24.1. The molecule has 2 aliphatic rings. The number of fused-ring (bicyclic) bond motifs is 1. The van der Waals surface area contributed by atoms with E-state index in [4.69, 9.17) is 0 Å². The van der Waals surface area contributed by atoms with Crippen LogP contribution >= 0.6 is 11.9 Å². The van der Waals surface area contributed by atoms with Gasteiger partial charge in [-0.2, -0.15) is 0 Å². The van der Waals surface area contributed by atoms with E-state index in [1.807, 2.05) is 11.9 Å². The van der Waals surface area contributed by atoms with E-state index in [0.29, 0.717) is 0 Å². The lowest BCUT2D eigenvalue weighted by atomic mass is 10.3. The summed E-state index contributed by atoms with van der Waals surface area (Å²) in [5.74, 6) is 0. The Morgan fingerprint density at radius 3 is 3.40 bits per heavy atom. The van der Waals surface area contributed by atoms with Gasteiger partial charge in [0, 0.05) is 11.4 Å². The first-order valence-corrected chi connectivity index (χ1v) is 4.11. The molecule has 52 valence electrons. The molecule has 0 saturated carbocycles. The van der Waals surface area contributed by atoms with Crippen molar-refractivity contribution >= 4 is 11.9 Å². The standard InChI is InChI=1S/C8H9NS/c1-9-6-5-7-3-2-4-8(7)10-9/h2-5H,6H2,1H3. The molecule has 1 aliphatic carbocycles. The van der Waals surface area contributed by atoms with Gasteiger partial charge in [0.05, 0.1) is 0 Å². The first-order valence-electron chi connectivity index (χ1n) is 3.34. The molecular formula is C8H9NS. The van der Waals surface area contributed by atoms with Crippen LogP contribution in [0.4, 0.5) is 0 Å². The van der Waals surface area contributed by atoms with E-state index in [9.17, 15) is 0 Å². The van der Waals surface area contributed by atoms with Crippen LogP contribution in [0.5, 0.6) is 0 Å². The van der Waals surface area contributed by atoms with E-state index < -0.39 is 0 Å². The minimum atomic E-state index is 1.06. The Morgan fingerprint density at radius 2 is 2.50 bits per heavy atom. The second-order valence-electron chi connectivity index (χ2n) is 2.45. The molecule has 10 heavy (non-hydrogen) atoms. The molecule has 0 unspecified atom stereocenters. The second-order valence-corrected chi connectivity index (χ2v) is 3.70. The lowest BCUT2D eigenvalue weighted by Crippen LogP contribution is -2.13. The smallest absolute Gasteiger partial charge is 0.0300 e. The molecule has 1 nitrogen and oxygen atoms in total. The van der Waals surface area contributed by atoms with Gasteiger partial charge < -0.3 is 0 Å². The average molecular weight is 151 g/mol. The molecule has 0 aromatic heterocycles. The highest BCUT2D eigenvalue weighted by Crippen LogP contribution is 2.34. The number of hydrogen-bond donors (Lipinski definition) is 0. The largest absolute Gasteiger partial charge is 0.246 e. The second kappa shape index (κ2) is 2.29. The van der Waals surface area contributed by atoms with Crippen molar-refractivity contribution in [2.24, 2.45) is 0 Å². The minimum Gasteiger partial charge on any atom is -0.246 e. The van der Waals surface area contributed by atoms with Gasteiger partial charge in [0.1, 0.15) is 0 Å². The first kappa shape index (κ1) is 6.25. The van der Waals surface area contributed by atoms with E-state index in [2.05, 4.69) is 35.7 Å². The van der Waals surface area contributed by atoms with Crippen molar-refractivity contribution in [1.29, 1.82) is 0 Å². The van der Waals surface area contributed by atoms with E-state index in [0.717, 1.165) is 6.54 Å². The summed E-state index contributed by atoms with van der Waals surface area (Å²) in [6, 6.07) is 0. The van der Waals surface area contributed by atoms with Gasteiger partial charge in [-0.3, -0.25) is 0 Å². The predicted molar refractivity (Wildman–Crippen MR) is 45.5 cm³/mol. The van der Waals surface area contributed by atoms with E-state index >= 15 is 0 Å². The summed E-state index contributed by atoms with van der Waals surface area (Å²) < 4.78 is 2.22. The molecule has 0 aromatic rings. The molecule has 1 heterocycles. The van der Waals surface area contributed by atoms with Crippen molar-refractivity contribution < 1.29 is 0 Å². The topological polar surface area (TPSA) is 3.24 Å². The van der Waals surface area contributed by atoms with Gasteiger partial charge in [-0.15, -0.1) is 0 Å². The third kappa shape index (κ3) is 0.935. The quantitative estimate of drug-likeness (QED) is 0.487. The molecule has 0 N–H and O–H groups in total. The van der Waals surface area contributed by atoms with Crippen molar-refractivity contribution in [2.45, 2.75) is 0 Å². The molecule has 0 saturated heterocycles. The lowest BCUT2D eigenvalue weighted by Gasteiger charge is -2.19.